The Morgan fingerprint density at radius 1 is 1.43 bits per heavy atom. The number of hydrogen-bond donors (Lipinski definition) is 2. The van der Waals surface area contributed by atoms with E-state index in [1.165, 1.54) is 24.2 Å². The number of aryl methyl sites for hydroxylation is 1. The second-order valence-electron chi connectivity index (χ2n) is 5.21. The molecule has 8 heteroatoms. The summed E-state index contributed by atoms with van der Waals surface area (Å²) in [6.45, 7) is 0.926. The van der Waals surface area contributed by atoms with Gasteiger partial charge in [-0.15, -0.1) is 11.3 Å². The zero-order chi connectivity index (χ0) is 14.9. The van der Waals surface area contributed by atoms with Crippen molar-refractivity contribution in [3.63, 3.8) is 0 Å². The molecule has 2 aromatic rings. The van der Waals surface area contributed by atoms with Gasteiger partial charge in [0.25, 0.3) is 0 Å². The Bertz CT molecular complexity index is 716. The predicted molar refractivity (Wildman–Crippen MR) is 81.4 cm³/mol. The first-order chi connectivity index (χ1) is 10.0. The second-order valence-corrected chi connectivity index (χ2v) is 8.11. The fourth-order valence-electron chi connectivity index (χ4n) is 1.93. The Labute approximate surface area is 128 Å². The van der Waals surface area contributed by atoms with E-state index < -0.39 is 10.0 Å². The summed E-state index contributed by atoms with van der Waals surface area (Å²) in [5.41, 5.74) is 1.02. The minimum Gasteiger partial charge on any atom is -0.337 e. The van der Waals surface area contributed by atoms with Gasteiger partial charge in [-0.3, -0.25) is 0 Å². The third-order valence-electron chi connectivity index (χ3n) is 3.41. The van der Waals surface area contributed by atoms with E-state index in [0.717, 1.165) is 12.1 Å². The van der Waals surface area contributed by atoms with Crippen molar-refractivity contribution in [1.29, 1.82) is 0 Å². The highest BCUT2D eigenvalue weighted by atomic mass is 32.2. The van der Waals surface area contributed by atoms with Crippen LogP contribution in [0.25, 0.3) is 0 Å². The van der Waals surface area contributed by atoms with Crippen LogP contribution in [0, 0.1) is 0 Å². The maximum absolute atomic E-state index is 12.2. The lowest BCUT2D eigenvalue weighted by Gasteiger charge is -2.04. The summed E-state index contributed by atoms with van der Waals surface area (Å²) in [5, 5.41) is 5.27. The van der Waals surface area contributed by atoms with E-state index in [1.54, 1.807) is 23.0 Å². The summed E-state index contributed by atoms with van der Waals surface area (Å²) >= 11 is 1.25. The van der Waals surface area contributed by atoms with Gasteiger partial charge in [0.1, 0.15) is 10.0 Å². The summed E-state index contributed by atoms with van der Waals surface area (Å²) in [6, 6.07) is 2.35. The van der Waals surface area contributed by atoms with Crippen LogP contribution in [-0.4, -0.2) is 24.0 Å². The molecule has 2 heterocycles. The molecule has 0 aliphatic heterocycles. The van der Waals surface area contributed by atoms with Gasteiger partial charge in [-0.2, -0.15) is 0 Å². The molecule has 0 aromatic carbocycles. The van der Waals surface area contributed by atoms with Gasteiger partial charge in [0.15, 0.2) is 0 Å². The minimum atomic E-state index is -3.47. The van der Waals surface area contributed by atoms with Gasteiger partial charge in [0.05, 0.1) is 6.54 Å². The molecule has 2 N–H and O–H groups in total. The van der Waals surface area contributed by atoms with Gasteiger partial charge in [-0.1, -0.05) is 0 Å². The maximum atomic E-state index is 12.2. The lowest BCUT2D eigenvalue weighted by molar-refractivity contribution is 0.579. The highest BCUT2D eigenvalue weighted by Crippen LogP contribution is 2.23. The van der Waals surface area contributed by atoms with E-state index in [1.807, 2.05) is 12.4 Å². The molecule has 2 aromatic heterocycles. The van der Waals surface area contributed by atoms with Crippen LogP contribution in [0.1, 0.15) is 24.2 Å². The van der Waals surface area contributed by atoms with Crippen LogP contribution in [0.3, 0.4) is 0 Å². The lowest BCUT2D eigenvalue weighted by atomic mass is 10.3. The predicted octanol–water partition coefficient (Wildman–Crippen LogP) is 1.21. The van der Waals surface area contributed by atoms with Gasteiger partial charge in [-0.25, -0.2) is 18.1 Å². The molecule has 3 rings (SSSR count). The Balaban J connectivity index is 1.62. The average Bonchev–Trinajstić information content (AvgIpc) is 2.98. The smallest absolute Gasteiger partial charge is 0.250 e. The molecule has 0 amide bonds. The van der Waals surface area contributed by atoms with E-state index in [2.05, 4.69) is 15.0 Å². The monoisotopic (exact) mass is 326 g/mol. The second kappa shape index (κ2) is 5.88. The molecular weight excluding hydrogens is 308 g/mol. The van der Waals surface area contributed by atoms with Gasteiger partial charge in [0, 0.05) is 32.0 Å². The molecule has 0 radical (unpaired) electrons. The van der Waals surface area contributed by atoms with Crippen molar-refractivity contribution in [2.24, 2.45) is 7.05 Å². The first-order valence-corrected chi connectivity index (χ1v) is 9.17. The van der Waals surface area contributed by atoms with Crippen molar-refractivity contribution in [3.05, 3.63) is 35.2 Å². The Kier molecular flexibility index (Phi) is 4.12. The molecule has 1 aliphatic rings. The normalized spacial score (nSPS) is 15.5. The Morgan fingerprint density at radius 2 is 2.24 bits per heavy atom. The quantitative estimate of drug-likeness (QED) is 0.802. The van der Waals surface area contributed by atoms with E-state index in [4.69, 9.17) is 0 Å². The molecule has 0 bridgehead atoms. The third kappa shape index (κ3) is 3.70. The van der Waals surface area contributed by atoms with Crippen LogP contribution < -0.4 is 10.0 Å². The largest absolute Gasteiger partial charge is 0.337 e. The van der Waals surface area contributed by atoms with Crippen molar-refractivity contribution in [2.75, 3.05) is 0 Å². The number of nitrogens with one attached hydrogen (secondary N) is 2. The summed E-state index contributed by atoms with van der Waals surface area (Å²) in [6.07, 6.45) is 5.88. The van der Waals surface area contributed by atoms with Crippen molar-refractivity contribution in [3.8, 4) is 0 Å². The third-order valence-corrected chi connectivity index (χ3v) is 6.30. The van der Waals surface area contributed by atoms with Crippen LogP contribution in [0.5, 0.6) is 0 Å². The van der Waals surface area contributed by atoms with Gasteiger partial charge in [-0.05, 0) is 29.9 Å². The summed E-state index contributed by atoms with van der Waals surface area (Å²) < 4.78 is 29.2. The molecule has 1 saturated carbocycles. The number of imidazole rings is 1. The van der Waals surface area contributed by atoms with Crippen molar-refractivity contribution in [2.45, 2.75) is 36.2 Å². The molecule has 0 atom stereocenters. The van der Waals surface area contributed by atoms with Crippen LogP contribution in [0.15, 0.2) is 28.0 Å². The molecule has 0 unspecified atom stereocenters. The van der Waals surface area contributed by atoms with Crippen molar-refractivity contribution in [1.82, 2.24) is 19.6 Å². The molecule has 0 saturated heterocycles. The molecule has 114 valence electrons. The number of sulfonamides is 1. The SMILES string of the molecule is Cn1ccnc1CNS(=O)(=O)c1cc(CNC2CC2)cs1. The van der Waals surface area contributed by atoms with Gasteiger partial charge in [0.2, 0.25) is 10.0 Å². The maximum Gasteiger partial charge on any atom is 0.250 e. The van der Waals surface area contributed by atoms with Crippen LogP contribution in [-0.2, 0) is 30.2 Å². The van der Waals surface area contributed by atoms with E-state index >= 15 is 0 Å². The fourth-order valence-corrected chi connectivity index (χ4v) is 4.17. The molecule has 1 fully saturated rings. The van der Waals surface area contributed by atoms with Gasteiger partial charge >= 0.3 is 0 Å². The standard InChI is InChI=1S/C13H18N4O2S2/c1-17-5-4-14-12(17)8-16-21(18,19)13-6-10(9-20-13)7-15-11-2-3-11/h4-6,9,11,15-16H,2-3,7-8H2,1H3. The average molecular weight is 326 g/mol. The summed E-state index contributed by atoms with van der Waals surface area (Å²) in [5.74, 6) is 0.686. The Hall–Kier alpha value is -1.22. The highest BCUT2D eigenvalue weighted by molar-refractivity contribution is 7.91. The molecule has 0 spiro atoms. The number of nitrogens with zero attached hydrogens (tertiary/aromatic N) is 2. The first-order valence-electron chi connectivity index (χ1n) is 6.81. The van der Waals surface area contributed by atoms with E-state index in [9.17, 15) is 8.42 Å². The zero-order valence-corrected chi connectivity index (χ0v) is 13.4. The molecule has 6 nitrogen and oxygen atoms in total. The lowest BCUT2D eigenvalue weighted by Crippen LogP contribution is -2.24. The van der Waals surface area contributed by atoms with Crippen molar-refractivity contribution >= 4 is 21.4 Å². The van der Waals surface area contributed by atoms with Crippen LogP contribution in [0.4, 0.5) is 0 Å². The number of hydrogen-bond acceptors (Lipinski definition) is 5. The Morgan fingerprint density at radius 3 is 2.90 bits per heavy atom. The summed E-state index contributed by atoms with van der Waals surface area (Å²) in [7, 11) is -1.63. The molecular formula is C13H18N4O2S2. The van der Waals surface area contributed by atoms with E-state index in [-0.39, 0.29) is 6.54 Å². The van der Waals surface area contributed by atoms with Crippen molar-refractivity contribution < 1.29 is 8.42 Å². The van der Waals surface area contributed by atoms with Crippen LogP contribution in [0.2, 0.25) is 0 Å². The first kappa shape index (κ1) is 14.7. The molecule has 1 aliphatic carbocycles. The van der Waals surface area contributed by atoms with E-state index in [0.29, 0.717) is 16.1 Å². The zero-order valence-electron chi connectivity index (χ0n) is 11.7. The number of thiophene rings is 1. The number of aromatic nitrogens is 2. The molecule has 21 heavy (non-hydrogen) atoms. The fraction of sp³-hybridized carbons (Fsp3) is 0.462. The topological polar surface area (TPSA) is 76.0 Å². The number of rotatable bonds is 7. The minimum absolute atomic E-state index is 0.194. The highest BCUT2D eigenvalue weighted by Gasteiger charge is 2.21. The summed E-state index contributed by atoms with van der Waals surface area (Å²) in [4.78, 5) is 4.10. The van der Waals surface area contributed by atoms with Gasteiger partial charge < -0.3 is 9.88 Å². The van der Waals surface area contributed by atoms with Crippen LogP contribution >= 0.6 is 11.3 Å².